The third kappa shape index (κ3) is 5.29. The number of nitrogens with one attached hydrogen (secondary N) is 1. The first-order valence-corrected chi connectivity index (χ1v) is 11.6. The van der Waals surface area contributed by atoms with Crippen molar-refractivity contribution in [3.05, 3.63) is 18.6 Å². The summed E-state index contributed by atoms with van der Waals surface area (Å²) in [7, 11) is 0. The summed E-state index contributed by atoms with van der Waals surface area (Å²) in [5, 5.41) is 3.86. The van der Waals surface area contributed by atoms with Gasteiger partial charge in [0.25, 0.3) is 0 Å². The van der Waals surface area contributed by atoms with Crippen LogP contribution in [0.1, 0.15) is 65.3 Å². The molecule has 4 rings (SSSR count). The lowest BCUT2D eigenvalue weighted by Crippen LogP contribution is -2.38. The molecule has 3 heterocycles. The minimum atomic E-state index is -0.453. The highest BCUT2D eigenvalue weighted by atomic mass is 16.6. The number of amides is 1. The van der Waals surface area contributed by atoms with E-state index in [1.54, 1.807) is 6.33 Å². The van der Waals surface area contributed by atoms with E-state index in [-0.39, 0.29) is 6.09 Å². The van der Waals surface area contributed by atoms with Crippen LogP contribution < -0.4 is 11.1 Å². The van der Waals surface area contributed by atoms with Crippen LogP contribution in [0.2, 0.25) is 0 Å². The molecule has 1 amide bonds. The third-order valence-electron chi connectivity index (χ3n) is 6.58. The van der Waals surface area contributed by atoms with Gasteiger partial charge in [-0.15, -0.1) is 0 Å². The highest BCUT2D eigenvalue weighted by molar-refractivity contribution is 5.86. The van der Waals surface area contributed by atoms with Gasteiger partial charge in [-0.3, -0.25) is 0 Å². The first kappa shape index (κ1) is 21.9. The molecule has 1 saturated carbocycles. The number of rotatable bonds is 6. The van der Waals surface area contributed by atoms with Gasteiger partial charge >= 0.3 is 6.09 Å². The molecular formula is C23H36N6O2. The number of nitrogens with zero attached hydrogens (tertiary/aromatic N) is 4. The standard InChI is InChI=1S/C23H36N6O2/c1-23(2,3)31-22(30)25-10-8-17-5-4-11-28(17)14-16-6-7-18(13-16)29-12-9-19-20(24)26-15-27-21(19)29/h9,12,15-18H,4-8,10-11,13-14H2,1-3H3,(H,25,30)(H2,24,26,27)/t16-,17+,18+/m1/s1. The Labute approximate surface area is 184 Å². The number of aromatic nitrogens is 3. The molecule has 1 aliphatic heterocycles. The molecule has 3 N–H and O–H groups in total. The highest BCUT2D eigenvalue weighted by Crippen LogP contribution is 2.38. The minimum Gasteiger partial charge on any atom is -0.444 e. The zero-order chi connectivity index (χ0) is 22.0. The van der Waals surface area contributed by atoms with E-state index >= 15 is 0 Å². The number of carbonyl (C=O) groups excluding carboxylic acids is 1. The number of nitrogens with two attached hydrogens (primary N) is 1. The van der Waals surface area contributed by atoms with E-state index in [4.69, 9.17) is 10.5 Å². The maximum Gasteiger partial charge on any atom is 0.407 e. The monoisotopic (exact) mass is 428 g/mol. The summed E-state index contributed by atoms with van der Waals surface area (Å²) < 4.78 is 7.63. The fraction of sp³-hybridized carbons (Fsp3) is 0.696. The van der Waals surface area contributed by atoms with Crippen molar-refractivity contribution in [2.75, 3.05) is 25.4 Å². The molecule has 8 heteroatoms. The molecular weight excluding hydrogens is 392 g/mol. The van der Waals surface area contributed by atoms with Crippen LogP contribution in [-0.4, -0.2) is 56.8 Å². The molecule has 170 valence electrons. The number of fused-ring (bicyclic) bond motifs is 1. The zero-order valence-corrected chi connectivity index (χ0v) is 19.0. The molecule has 2 aromatic rings. The zero-order valence-electron chi connectivity index (χ0n) is 19.0. The number of nitrogen functional groups attached to an aromatic ring is 1. The van der Waals surface area contributed by atoms with Crippen LogP contribution in [0, 0.1) is 5.92 Å². The molecule has 0 radical (unpaired) electrons. The van der Waals surface area contributed by atoms with Crippen molar-refractivity contribution in [1.82, 2.24) is 24.8 Å². The fourth-order valence-corrected chi connectivity index (χ4v) is 5.20. The van der Waals surface area contributed by atoms with E-state index in [0.717, 1.165) is 30.5 Å². The van der Waals surface area contributed by atoms with Crippen LogP contribution in [0.15, 0.2) is 18.6 Å². The molecule has 2 aromatic heterocycles. The number of hydrogen-bond donors (Lipinski definition) is 2. The van der Waals surface area contributed by atoms with Gasteiger partial charge in [0.1, 0.15) is 23.4 Å². The van der Waals surface area contributed by atoms with Gasteiger partial charge in [-0.05, 0) is 77.8 Å². The summed E-state index contributed by atoms with van der Waals surface area (Å²) >= 11 is 0. The van der Waals surface area contributed by atoms with Gasteiger partial charge in [-0.1, -0.05) is 0 Å². The number of anilines is 1. The maximum absolute atomic E-state index is 11.9. The quantitative estimate of drug-likeness (QED) is 0.727. The summed E-state index contributed by atoms with van der Waals surface area (Å²) in [6, 6.07) is 3.06. The van der Waals surface area contributed by atoms with Crippen LogP contribution in [0.25, 0.3) is 11.0 Å². The first-order valence-electron chi connectivity index (χ1n) is 11.6. The largest absolute Gasteiger partial charge is 0.444 e. The van der Waals surface area contributed by atoms with E-state index in [0.29, 0.717) is 30.4 Å². The van der Waals surface area contributed by atoms with Crippen molar-refractivity contribution in [3.63, 3.8) is 0 Å². The lowest BCUT2D eigenvalue weighted by atomic mass is 10.1. The Kier molecular flexibility index (Phi) is 6.36. The molecule has 1 aliphatic carbocycles. The number of ether oxygens (including phenoxy) is 1. The highest BCUT2D eigenvalue weighted by Gasteiger charge is 2.32. The van der Waals surface area contributed by atoms with E-state index in [1.165, 1.54) is 32.1 Å². The predicted octanol–water partition coefficient (Wildman–Crippen LogP) is 3.73. The van der Waals surface area contributed by atoms with E-state index in [1.807, 2.05) is 26.8 Å². The summed E-state index contributed by atoms with van der Waals surface area (Å²) in [5.41, 5.74) is 6.50. The molecule has 1 saturated heterocycles. The second-order valence-corrected chi connectivity index (χ2v) is 10.1. The predicted molar refractivity (Wildman–Crippen MR) is 122 cm³/mol. The van der Waals surface area contributed by atoms with Gasteiger partial charge in [0.05, 0.1) is 5.39 Å². The van der Waals surface area contributed by atoms with Crippen molar-refractivity contribution in [3.8, 4) is 0 Å². The van der Waals surface area contributed by atoms with Crippen molar-refractivity contribution in [2.24, 2.45) is 5.92 Å². The average Bonchev–Trinajstić information content (AvgIpc) is 3.41. The normalized spacial score (nSPS) is 24.7. The van der Waals surface area contributed by atoms with Crippen molar-refractivity contribution >= 4 is 22.9 Å². The van der Waals surface area contributed by atoms with Crippen molar-refractivity contribution < 1.29 is 9.53 Å². The Morgan fingerprint density at radius 2 is 2.13 bits per heavy atom. The topological polar surface area (TPSA) is 98.3 Å². The van der Waals surface area contributed by atoms with Gasteiger partial charge in [0.2, 0.25) is 0 Å². The SMILES string of the molecule is CC(C)(C)OC(=O)NCC[C@@H]1CCCN1C[C@@H]1CC[C@H](n2ccc3c(N)ncnc32)C1. The van der Waals surface area contributed by atoms with Crippen molar-refractivity contribution in [1.29, 1.82) is 0 Å². The maximum atomic E-state index is 11.9. The Morgan fingerprint density at radius 3 is 2.94 bits per heavy atom. The van der Waals surface area contributed by atoms with Gasteiger partial charge in [-0.2, -0.15) is 0 Å². The molecule has 0 spiro atoms. The second-order valence-electron chi connectivity index (χ2n) is 10.1. The molecule has 2 aliphatic rings. The van der Waals surface area contributed by atoms with Gasteiger partial charge < -0.3 is 25.3 Å². The molecule has 2 fully saturated rings. The molecule has 3 atom stereocenters. The lowest BCUT2D eigenvalue weighted by Gasteiger charge is -2.28. The number of likely N-dealkylation sites (tertiary alicyclic amines) is 1. The summed E-state index contributed by atoms with van der Waals surface area (Å²) in [6.07, 6.45) is 10.4. The van der Waals surface area contributed by atoms with E-state index < -0.39 is 5.60 Å². The Balaban J connectivity index is 1.27. The Bertz CT molecular complexity index is 905. The minimum absolute atomic E-state index is 0.320. The summed E-state index contributed by atoms with van der Waals surface area (Å²) in [4.78, 5) is 23.1. The van der Waals surface area contributed by atoms with E-state index in [9.17, 15) is 4.79 Å². The molecule has 0 unspecified atom stereocenters. The van der Waals surface area contributed by atoms with Gasteiger partial charge in [0.15, 0.2) is 0 Å². The van der Waals surface area contributed by atoms with Gasteiger partial charge in [-0.25, -0.2) is 14.8 Å². The fourth-order valence-electron chi connectivity index (χ4n) is 5.20. The second kappa shape index (κ2) is 9.02. The number of hydrogen-bond acceptors (Lipinski definition) is 6. The smallest absolute Gasteiger partial charge is 0.407 e. The summed E-state index contributed by atoms with van der Waals surface area (Å²) in [5.74, 6) is 1.25. The third-order valence-corrected chi connectivity index (χ3v) is 6.58. The van der Waals surface area contributed by atoms with Crippen LogP contribution in [0.4, 0.5) is 10.6 Å². The Morgan fingerprint density at radius 1 is 1.29 bits per heavy atom. The number of alkyl carbamates (subject to hydrolysis) is 1. The van der Waals surface area contributed by atoms with Crippen LogP contribution in [-0.2, 0) is 4.74 Å². The summed E-state index contributed by atoms with van der Waals surface area (Å²) in [6.45, 7) is 8.63. The Hall–Kier alpha value is -2.35. The molecule has 0 bridgehead atoms. The lowest BCUT2D eigenvalue weighted by molar-refractivity contribution is 0.0523. The van der Waals surface area contributed by atoms with Gasteiger partial charge in [0, 0.05) is 31.4 Å². The molecule has 0 aromatic carbocycles. The first-order chi connectivity index (χ1) is 14.8. The molecule has 8 nitrogen and oxygen atoms in total. The van der Waals surface area contributed by atoms with Crippen LogP contribution in [0.3, 0.4) is 0 Å². The number of carbonyl (C=O) groups is 1. The van der Waals surface area contributed by atoms with E-state index in [2.05, 4.69) is 30.9 Å². The van der Waals surface area contributed by atoms with Crippen LogP contribution >= 0.6 is 0 Å². The average molecular weight is 429 g/mol. The van der Waals surface area contributed by atoms with Crippen molar-refractivity contribution in [2.45, 2.75) is 77.0 Å². The molecule has 31 heavy (non-hydrogen) atoms. The van der Waals surface area contributed by atoms with Crippen LogP contribution in [0.5, 0.6) is 0 Å².